The summed E-state index contributed by atoms with van der Waals surface area (Å²) in [6, 6.07) is 8.22. The van der Waals surface area contributed by atoms with Gasteiger partial charge in [-0.2, -0.15) is 0 Å². The van der Waals surface area contributed by atoms with Gasteiger partial charge in [0, 0.05) is 12.6 Å². The average Bonchev–Trinajstić information content (AvgIpc) is 2.92. The van der Waals surface area contributed by atoms with Crippen LogP contribution in [0.4, 0.5) is 0 Å². The van der Waals surface area contributed by atoms with E-state index in [-0.39, 0.29) is 5.91 Å². The Morgan fingerprint density at radius 3 is 3.16 bits per heavy atom. The summed E-state index contributed by atoms with van der Waals surface area (Å²) in [6.45, 7) is 1.86. The van der Waals surface area contributed by atoms with Gasteiger partial charge in [-0.15, -0.1) is 0 Å². The van der Waals surface area contributed by atoms with Gasteiger partial charge < -0.3 is 15.4 Å². The van der Waals surface area contributed by atoms with E-state index in [9.17, 15) is 4.79 Å². The summed E-state index contributed by atoms with van der Waals surface area (Å²) in [4.78, 5) is 11.8. The summed E-state index contributed by atoms with van der Waals surface area (Å²) in [5.41, 5.74) is 0.982. The fraction of sp³-hybridized carbons (Fsp3) is 0.533. The van der Waals surface area contributed by atoms with Crippen LogP contribution in [0, 0.1) is 0 Å². The van der Waals surface area contributed by atoms with E-state index in [0.29, 0.717) is 12.5 Å². The highest BCUT2D eigenvalue weighted by molar-refractivity contribution is 5.78. The van der Waals surface area contributed by atoms with Crippen LogP contribution in [0.25, 0.3) is 0 Å². The van der Waals surface area contributed by atoms with Gasteiger partial charge in [0.2, 0.25) is 5.91 Å². The minimum absolute atomic E-state index is 0.0752. The van der Waals surface area contributed by atoms with E-state index in [1.807, 2.05) is 24.3 Å². The van der Waals surface area contributed by atoms with Crippen LogP contribution in [-0.4, -0.2) is 32.1 Å². The minimum Gasteiger partial charge on any atom is -0.497 e. The molecule has 2 N–H and O–H groups in total. The van der Waals surface area contributed by atoms with Gasteiger partial charge in [-0.05, 0) is 43.5 Å². The number of ether oxygens (including phenoxy) is 1. The van der Waals surface area contributed by atoms with Crippen LogP contribution in [0.2, 0.25) is 0 Å². The summed E-state index contributed by atoms with van der Waals surface area (Å²) in [5.74, 6) is 0.867. The number of rotatable bonds is 6. The largest absolute Gasteiger partial charge is 0.497 e. The molecule has 1 aromatic carbocycles. The molecule has 0 spiro atoms. The Kier molecular flexibility index (Phi) is 5.21. The zero-order chi connectivity index (χ0) is 13.5. The zero-order valence-electron chi connectivity index (χ0n) is 11.4. The van der Waals surface area contributed by atoms with Crippen molar-refractivity contribution in [1.82, 2.24) is 10.6 Å². The Morgan fingerprint density at radius 2 is 2.42 bits per heavy atom. The van der Waals surface area contributed by atoms with Crippen molar-refractivity contribution < 1.29 is 9.53 Å². The molecule has 0 unspecified atom stereocenters. The second-order valence-electron chi connectivity index (χ2n) is 4.96. The van der Waals surface area contributed by atoms with Crippen LogP contribution in [0.5, 0.6) is 5.75 Å². The molecular formula is C15H22N2O2. The van der Waals surface area contributed by atoms with Crippen molar-refractivity contribution in [3.63, 3.8) is 0 Å². The zero-order valence-corrected chi connectivity index (χ0v) is 11.4. The average molecular weight is 262 g/mol. The maximum atomic E-state index is 11.8. The van der Waals surface area contributed by atoms with Crippen LogP contribution in [0.15, 0.2) is 24.3 Å². The molecule has 0 bridgehead atoms. The second-order valence-corrected chi connectivity index (χ2v) is 4.96. The molecule has 0 radical (unpaired) electrons. The van der Waals surface area contributed by atoms with Crippen molar-refractivity contribution in [1.29, 1.82) is 0 Å². The highest BCUT2D eigenvalue weighted by Crippen LogP contribution is 2.13. The highest BCUT2D eigenvalue weighted by Gasteiger charge is 2.13. The predicted octanol–water partition coefficient (Wildman–Crippen LogP) is 1.50. The molecule has 19 heavy (non-hydrogen) atoms. The topological polar surface area (TPSA) is 50.4 Å². The highest BCUT2D eigenvalue weighted by atomic mass is 16.5. The summed E-state index contributed by atoms with van der Waals surface area (Å²) >= 11 is 0. The number of nitrogens with one attached hydrogen (secondary N) is 2. The molecule has 0 aliphatic carbocycles. The lowest BCUT2D eigenvalue weighted by Crippen LogP contribution is -2.31. The molecule has 1 aliphatic heterocycles. The Hall–Kier alpha value is -1.55. The van der Waals surface area contributed by atoms with E-state index >= 15 is 0 Å². The molecule has 0 aromatic heterocycles. The van der Waals surface area contributed by atoms with Gasteiger partial charge in [-0.25, -0.2) is 0 Å². The lowest BCUT2D eigenvalue weighted by atomic mass is 10.1. The van der Waals surface area contributed by atoms with E-state index in [2.05, 4.69) is 10.6 Å². The quantitative estimate of drug-likeness (QED) is 0.817. The summed E-state index contributed by atoms with van der Waals surface area (Å²) < 4.78 is 5.15. The Bertz CT molecular complexity index is 414. The van der Waals surface area contributed by atoms with Crippen molar-refractivity contribution in [2.75, 3.05) is 20.2 Å². The van der Waals surface area contributed by atoms with Gasteiger partial charge >= 0.3 is 0 Å². The molecule has 4 heteroatoms. The Morgan fingerprint density at radius 1 is 1.53 bits per heavy atom. The van der Waals surface area contributed by atoms with Crippen LogP contribution in [-0.2, 0) is 11.2 Å². The molecular weight excluding hydrogens is 240 g/mol. The standard InChI is InChI=1S/C15H22N2O2/c1-19-14-6-2-4-12(10-14)11-15(18)17-9-7-13-5-3-8-16-13/h2,4,6,10,13,16H,3,5,7-9,11H2,1H3,(H,17,18)/t13-/m1/s1. The molecule has 1 heterocycles. The van der Waals surface area contributed by atoms with Gasteiger partial charge in [0.15, 0.2) is 0 Å². The van der Waals surface area contributed by atoms with Gasteiger partial charge in [-0.3, -0.25) is 4.79 Å². The molecule has 1 atom stereocenters. The number of benzene rings is 1. The second kappa shape index (κ2) is 7.14. The number of carbonyl (C=O) groups excluding carboxylic acids is 1. The van der Waals surface area contributed by atoms with Crippen molar-refractivity contribution >= 4 is 5.91 Å². The number of methoxy groups -OCH3 is 1. The van der Waals surface area contributed by atoms with Gasteiger partial charge in [0.1, 0.15) is 5.75 Å². The van der Waals surface area contributed by atoms with Gasteiger partial charge in [-0.1, -0.05) is 12.1 Å². The first kappa shape index (κ1) is 13.9. The molecule has 104 valence electrons. The smallest absolute Gasteiger partial charge is 0.224 e. The van der Waals surface area contributed by atoms with Gasteiger partial charge in [0.05, 0.1) is 13.5 Å². The molecule has 4 nitrogen and oxygen atoms in total. The Balaban J connectivity index is 1.70. The normalized spacial score (nSPS) is 18.3. The first-order chi connectivity index (χ1) is 9.28. The monoisotopic (exact) mass is 262 g/mol. The maximum Gasteiger partial charge on any atom is 0.224 e. The van der Waals surface area contributed by atoms with Crippen LogP contribution < -0.4 is 15.4 Å². The van der Waals surface area contributed by atoms with E-state index in [0.717, 1.165) is 30.8 Å². The first-order valence-electron chi connectivity index (χ1n) is 6.91. The minimum atomic E-state index is 0.0752. The third-order valence-electron chi connectivity index (χ3n) is 3.48. The maximum absolute atomic E-state index is 11.8. The van der Waals surface area contributed by atoms with E-state index in [4.69, 9.17) is 4.74 Å². The lowest BCUT2D eigenvalue weighted by molar-refractivity contribution is -0.120. The number of amides is 1. The molecule has 1 amide bonds. The van der Waals surface area contributed by atoms with Crippen LogP contribution in [0.1, 0.15) is 24.8 Å². The van der Waals surface area contributed by atoms with Crippen LogP contribution in [0.3, 0.4) is 0 Å². The number of hydrogen-bond acceptors (Lipinski definition) is 3. The van der Waals surface area contributed by atoms with E-state index in [1.54, 1.807) is 7.11 Å². The summed E-state index contributed by atoms with van der Waals surface area (Å²) in [6.07, 6.45) is 3.91. The first-order valence-corrected chi connectivity index (χ1v) is 6.91. The number of carbonyl (C=O) groups is 1. The van der Waals surface area contributed by atoms with Crippen molar-refractivity contribution in [3.8, 4) is 5.75 Å². The molecule has 2 rings (SSSR count). The fourth-order valence-electron chi connectivity index (χ4n) is 2.42. The van der Waals surface area contributed by atoms with Crippen molar-refractivity contribution in [2.24, 2.45) is 0 Å². The SMILES string of the molecule is COc1cccc(CC(=O)NCC[C@H]2CCCN2)c1. The fourth-order valence-corrected chi connectivity index (χ4v) is 2.42. The summed E-state index contributed by atoms with van der Waals surface area (Å²) in [5, 5.41) is 6.40. The molecule has 0 saturated carbocycles. The molecule has 1 saturated heterocycles. The number of hydrogen-bond donors (Lipinski definition) is 2. The van der Waals surface area contributed by atoms with Crippen molar-refractivity contribution in [3.05, 3.63) is 29.8 Å². The van der Waals surface area contributed by atoms with Crippen molar-refractivity contribution in [2.45, 2.75) is 31.7 Å². The Labute approximate surface area is 114 Å². The third kappa shape index (κ3) is 4.56. The lowest BCUT2D eigenvalue weighted by Gasteiger charge is -2.11. The predicted molar refractivity (Wildman–Crippen MR) is 75.3 cm³/mol. The van der Waals surface area contributed by atoms with E-state index < -0.39 is 0 Å². The summed E-state index contributed by atoms with van der Waals surface area (Å²) in [7, 11) is 1.63. The van der Waals surface area contributed by atoms with E-state index in [1.165, 1.54) is 12.8 Å². The van der Waals surface area contributed by atoms with Gasteiger partial charge in [0.25, 0.3) is 0 Å². The third-order valence-corrected chi connectivity index (χ3v) is 3.48. The molecule has 1 aliphatic rings. The molecule has 1 fully saturated rings. The van der Waals surface area contributed by atoms with Crippen LogP contribution >= 0.6 is 0 Å². The molecule has 1 aromatic rings.